The SMILES string of the molecule is NCCCCC(N)C(=O)NC(CS)C(=O)NC(CCCCN)C(=O)NC(Cc1ccc(O)cc1)C(=O)O. The van der Waals surface area contributed by atoms with E-state index in [0.29, 0.717) is 44.3 Å². The van der Waals surface area contributed by atoms with Crippen molar-refractivity contribution in [2.24, 2.45) is 17.2 Å². The number of benzene rings is 1. The molecule has 11 N–H and O–H groups in total. The number of amides is 3. The molecule has 12 nitrogen and oxygen atoms in total. The maximum Gasteiger partial charge on any atom is 0.326 e. The molecule has 0 aliphatic heterocycles. The van der Waals surface area contributed by atoms with Crippen molar-refractivity contribution in [3.05, 3.63) is 29.8 Å². The molecule has 1 aromatic carbocycles. The summed E-state index contributed by atoms with van der Waals surface area (Å²) in [6.07, 6.45) is 3.09. The Morgan fingerprint density at radius 3 is 1.84 bits per heavy atom. The zero-order valence-corrected chi connectivity index (χ0v) is 21.8. The van der Waals surface area contributed by atoms with E-state index >= 15 is 0 Å². The van der Waals surface area contributed by atoms with Gasteiger partial charge in [0.15, 0.2) is 0 Å². The lowest BCUT2D eigenvalue weighted by Crippen LogP contribution is -2.57. The number of rotatable bonds is 18. The summed E-state index contributed by atoms with van der Waals surface area (Å²) in [7, 11) is 0. The number of aliphatic carboxylic acids is 1. The molecule has 0 aliphatic carbocycles. The van der Waals surface area contributed by atoms with Gasteiger partial charge >= 0.3 is 5.97 Å². The molecule has 0 heterocycles. The van der Waals surface area contributed by atoms with Crippen molar-refractivity contribution < 1.29 is 29.4 Å². The normalized spacial score (nSPS) is 14.2. The standard InChI is InChI=1S/C24H40N6O6S/c25-11-3-1-5-17(27)21(32)30-20(14-37)23(34)28-18(6-2-4-12-26)22(33)29-19(24(35)36)13-15-7-9-16(31)10-8-15/h7-10,17-20,31,37H,1-6,11-14,25-27H2,(H,28,34)(H,29,33)(H,30,32)(H,35,36). The molecule has 4 unspecified atom stereocenters. The second-order valence-corrected chi connectivity index (χ2v) is 9.12. The van der Waals surface area contributed by atoms with E-state index in [1.165, 1.54) is 12.1 Å². The molecule has 0 fully saturated rings. The Morgan fingerprint density at radius 1 is 0.784 bits per heavy atom. The van der Waals surface area contributed by atoms with Gasteiger partial charge in [-0.3, -0.25) is 14.4 Å². The van der Waals surface area contributed by atoms with E-state index in [1.807, 2.05) is 0 Å². The highest BCUT2D eigenvalue weighted by atomic mass is 32.1. The van der Waals surface area contributed by atoms with Crippen LogP contribution in [0.2, 0.25) is 0 Å². The van der Waals surface area contributed by atoms with Crippen LogP contribution in [0.5, 0.6) is 5.75 Å². The van der Waals surface area contributed by atoms with Crippen LogP contribution in [-0.2, 0) is 25.6 Å². The Balaban J connectivity index is 2.87. The molecular weight excluding hydrogens is 500 g/mol. The van der Waals surface area contributed by atoms with Crippen LogP contribution in [0.25, 0.3) is 0 Å². The number of unbranched alkanes of at least 4 members (excludes halogenated alkanes) is 2. The number of phenolic OH excluding ortho intramolecular Hbond substituents is 1. The first-order valence-corrected chi connectivity index (χ1v) is 12.9. The van der Waals surface area contributed by atoms with Gasteiger partial charge in [-0.1, -0.05) is 18.6 Å². The highest BCUT2D eigenvalue weighted by Crippen LogP contribution is 2.12. The van der Waals surface area contributed by atoms with Crippen LogP contribution < -0.4 is 33.2 Å². The lowest BCUT2D eigenvalue weighted by atomic mass is 10.0. The third kappa shape index (κ3) is 12.3. The van der Waals surface area contributed by atoms with Gasteiger partial charge in [0.2, 0.25) is 17.7 Å². The first-order chi connectivity index (χ1) is 17.6. The van der Waals surface area contributed by atoms with Crippen LogP contribution in [0.3, 0.4) is 0 Å². The molecule has 13 heteroatoms. The third-order valence-corrected chi connectivity index (χ3v) is 6.06. The maximum atomic E-state index is 13.0. The van der Waals surface area contributed by atoms with Crippen molar-refractivity contribution in [2.45, 2.75) is 69.1 Å². The fraction of sp³-hybridized carbons (Fsp3) is 0.583. The smallest absolute Gasteiger partial charge is 0.326 e. The number of aromatic hydroxyl groups is 1. The molecule has 0 spiro atoms. The van der Waals surface area contributed by atoms with Crippen molar-refractivity contribution in [3.63, 3.8) is 0 Å². The minimum absolute atomic E-state index is 0.0256. The van der Waals surface area contributed by atoms with Crippen LogP contribution in [-0.4, -0.2) is 76.9 Å². The number of hydrogen-bond donors (Lipinski definition) is 9. The molecule has 37 heavy (non-hydrogen) atoms. The second kappa shape index (κ2) is 17.6. The molecule has 3 amide bonds. The minimum Gasteiger partial charge on any atom is -0.508 e. The van der Waals surface area contributed by atoms with Crippen LogP contribution in [0, 0.1) is 0 Å². The molecule has 4 atom stereocenters. The Kier molecular flexibility index (Phi) is 15.3. The summed E-state index contributed by atoms with van der Waals surface area (Å²) < 4.78 is 0. The van der Waals surface area contributed by atoms with E-state index in [1.54, 1.807) is 12.1 Å². The minimum atomic E-state index is -1.27. The van der Waals surface area contributed by atoms with Gasteiger partial charge in [-0.05, 0) is 62.9 Å². The number of hydrogen-bond acceptors (Lipinski definition) is 9. The number of nitrogens with one attached hydrogen (secondary N) is 3. The molecule has 1 aromatic rings. The number of carboxylic acids is 1. The van der Waals surface area contributed by atoms with Gasteiger partial charge in [-0.2, -0.15) is 12.6 Å². The molecule has 0 saturated heterocycles. The average molecular weight is 541 g/mol. The Hall–Kier alpha value is -2.87. The fourth-order valence-electron chi connectivity index (χ4n) is 3.49. The lowest BCUT2D eigenvalue weighted by molar-refractivity contribution is -0.142. The number of nitrogens with two attached hydrogens (primary N) is 3. The highest BCUT2D eigenvalue weighted by molar-refractivity contribution is 7.80. The highest BCUT2D eigenvalue weighted by Gasteiger charge is 2.29. The zero-order chi connectivity index (χ0) is 27.8. The van der Waals surface area contributed by atoms with Crippen LogP contribution in [0.4, 0.5) is 0 Å². The van der Waals surface area contributed by atoms with Gasteiger partial charge in [-0.15, -0.1) is 0 Å². The van der Waals surface area contributed by atoms with E-state index in [-0.39, 0.29) is 24.3 Å². The van der Waals surface area contributed by atoms with E-state index < -0.39 is 47.9 Å². The molecule has 0 saturated carbocycles. The zero-order valence-electron chi connectivity index (χ0n) is 20.9. The summed E-state index contributed by atoms with van der Waals surface area (Å²) in [5, 5.41) is 26.7. The first kappa shape index (κ1) is 32.2. The van der Waals surface area contributed by atoms with E-state index in [4.69, 9.17) is 17.2 Å². The third-order valence-electron chi connectivity index (χ3n) is 5.69. The van der Waals surface area contributed by atoms with Crippen molar-refractivity contribution in [1.82, 2.24) is 16.0 Å². The topological polar surface area (TPSA) is 223 Å². The number of carbonyl (C=O) groups excluding carboxylic acids is 3. The summed E-state index contributed by atoms with van der Waals surface area (Å²) in [6.45, 7) is 0.875. The number of thiol groups is 1. The quantitative estimate of drug-likeness (QED) is 0.0820. The molecule has 208 valence electrons. The molecule has 1 rings (SSSR count). The number of phenols is 1. The van der Waals surface area contributed by atoms with Gasteiger partial charge in [-0.25, -0.2) is 4.79 Å². The predicted molar refractivity (Wildman–Crippen MR) is 143 cm³/mol. The largest absolute Gasteiger partial charge is 0.508 e. The van der Waals surface area contributed by atoms with E-state index in [0.717, 1.165) is 6.42 Å². The Labute approximate surface area is 222 Å². The van der Waals surface area contributed by atoms with Gasteiger partial charge in [0.1, 0.15) is 23.9 Å². The molecule has 0 aromatic heterocycles. The summed E-state index contributed by atoms with van der Waals surface area (Å²) in [6, 6.07) is 1.76. The average Bonchev–Trinajstić information content (AvgIpc) is 2.87. The maximum absolute atomic E-state index is 13.0. The van der Waals surface area contributed by atoms with Crippen LogP contribution in [0.1, 0.15) is 44.1 Å². The van der Waals surface area contributed by atoms with Gasteiger partial charge in [0.05, 0.1) is 6.04 Å². The van der Waals surface area contributed by atoms with Crippen LogP contribution in [0.15, 0.2) is 24.3 Å². The Morgan fingerprint density at radius 2 is 1.30 bits per heavy atom. The van der Waals surface area contributed by atoms with E-state index in [9.17, 15) is 29.4 Å². The van der Waals surface area contributed by atoms with Gasteiger partial charge < -0.3 is 43.4 Å². The first-order valence-electron chi connectivity index (χ1n) is 12.3. The van der Waals surface area contributed by atoms with Crippen molar-refractivity contribution in [2.75, 3.05) is 18.8 Å². The number of carboxylic acid groups (broad SMARTS) is 1. The molecule has 0 aliphatic rings. The summed E-state index contributed by atoms with van der Waals surface area (Å²) in [5.41, 5.74) is 17.5. The molecule has 0 bridgehead atoms. The fourth-order valence-corrected chi connectivity index (χ4v) is 3.74. The second-order valence-electron chi connectivity index (χ2n) is 8.75. The summed E-state index contributed by atoms with van der Waals surface area (Å²) >= 11 is 4.14. The van der Waals surface area contributed by atoms with Crippen molar-refractivity contribution >= 4 is 36.3 Å². The summed E-state index contributed by atoms with van der Waals surface area (Å²) in [4.78, 5) is 50.1. The van der Waals surface area contributed by atoms with Gasteiger partial charge in [0, 0.05) is 12.2 Å². The van der Waals surface area contributed by atoms with Crippen molar-refractivity contribution in [3.8, 4) is 5.75 Å². The molecular formula is C24H40N6O6S. The van der Waals surface area contributed by atoms with E-state index in [2.05, 4.69) is 28.6 Å². The number of carbonyl (C=O) groups is 4. The summed E-state index contributed by atoms with van der Waals surface area (Å²) in [5.74, 6) is -3.10. The monoisotopic (exact) mass is 540 g/mol. The van der Waals surface area contributed by atoms with Gasteiger partial charge in [0.25, 0.3) is 0 Å². The predicted octanol–water partition coefficient (Wildman–Crippen LogP) is -1.01. The van der Waals surface area contributed by atoms with Crippen molar-refractivity contribution in [1.29, 1.82) is 0 Å². The Bertz CT molecular complexity index is 872. The van der Waals surface area contributed by atoms with Crippen LogP contribution >= 0.6 is 12.6 Å². The molecule has 0 radical (unpaired) electrons. The lowest BCUT2D eigenvalue weighted by Gasteiger charge is -2.24.